The minimum atomic E-state index is -0.614. The molecule has 4 rings (SSSR count). The molecule has 3 aromatic carbocycles. The second-order valence-electron chi connectivity index (χ2n) is 10.8. The van der Waals surface area contributed by atoms with E-state index >= 15 is 0 Å². The number of methoxy groups -OCH3 is 1. The molecule has 0 bridgehead atoms. The van der Waals surface area contributed by atoms with Crippen LogP contribution in [0.1, 0.15) is 94.8 Å². The number of ether oxygens (including phenoxy) is 2. The number of esters is 2. The summed E-state index contributed by atoms with van der Waals surface area (Å²) in [4.78, 5) is 46.7. The van der Waals surface area contributed by atoms with Crippen LogP contribution < -0.4 is 0 Å². The third-order valence-corrected chi connectivity index (χ3v) is 7.62. The van der Waals surface area contributed by atoms with Gasteiger partial charge in [-0.2, -0.15) is 0 Å². The van der Waals surface area contributed by atoms with Crippen LogP contribution in [0.5, 0.6) is 0 Å². The second kappa shape index (κ2) is 15.7. The fourth-order valence-corrected chi connectivity index (χ4v) is 5.01. The predicted octanol–water partition coefficient (Wildman–Crippen LogP) is 7.35. The quantitative estimate of drug-likeness (QED) is 0.142. The van der Waals surface area contributed by atoms with E-state index in [0.29, 0.717) is 30.2 Å². The monoisotopic (exact) mass is 595 g/mol. The number of carbonyl (C=O) groups is 3. The average Bonchev–Trinajstić information content (AvgIpc) is 3.52. The number of unbranched alkanes of at least 4 members (excludes halogenated alkanes) is 2. The molecule has 1 aromatic heterocycles. The van der Waals surface area contributed by atoms with Gasteiger partial charge in [0, 0.05) is 24.8 Å². The zero-order chi connectivity index (χ0) is 31.5. The molecule has 44 heavy (non-hydrogen) atoms. The highest BCUT2D eigenvalue weighted by molar-refractivity contribution is 6.01. The maximum absolute atomic E-state index is 13.9. The lowest BCUT2D eigenvalue weighted by atomic mass is 10.0. The summed E-state index contributed by atoms with van der Waals surface area (Å²) in [5.74, 6) is -0.907. The van der Waals surface area contributed by atoms with Crippen molar-refractivity contribution in [3.8, 4) is 11.4 Å². The molecule has 8 nitrogen and oxygen atoms in total. The van der Waals surface area contributed by atoms with E-state index in [1.54, 1.807) is 18.3 Å². The van der Waals surface area contributed by atoms with Crippen LogP contribution in [0.3, 0.4) is 0 Å². The van der Waals surface area contributed by atoms with E-state index in [2.05, 4.69) is 13.8 Å². The molecular formula is C36H41N3O5. The van der Waals surface area contributed by atoms with Gasteiger partial charge in [0.15, 0.2) is 0 Å². The van der Waals surface area contributed by atoms with Gasteiger partial charge in [-0.25, -0.2) is 14.6 Å². The molecule has 0 aliphatic carbocycles. The fourth-order valence-electron chi connectivity index (χ4n) is 5.01. The number of benzene rings is 3. The van der Waals surface area contributed by atoms with E-state index in [4.69, 9.17) is 14.5 Å². The molecule has 0 radical (unpaired) electrons. The summed E-state index contributed by atoms with van der Waals surface area (Å²) < 4.78 is 12.6. The maximum atomic E-state index is 13.9. The molecule has 0 saturated carbocycles. The highest BCUT2D eigenvalue weighted by Gasteiger charge is 2.27. The van der Waals surface area contributed by atoms with Gasteiger partial charge in [-0.15, -0.1) is 0 Å². The van der Waals surface area contributed by atoms with Crippen molar-refractivity contribution in [2.24, 2.45) is 0 Å². The minimum Gasteiger partial charge on any atom is -0.465 e. The first-order chi connectivity index (χ1) is 21.4. The van der Waals surface area contributed by atoms with E-state index in [9.17, 15) is 14.4 Å². The molecule has 1 atom stereocenters. The number of carbonyl (C=O) groups excluding carboxylic acids is 3. The number of amides is 1. The first-order valence-electron chi connectivity index (χ1n) is 15.2. The number of imidazole rings is 1. The van der Waals surface area contributed by atoms with Gasteiger partial charge in [0.1, 0.15) is 18.1 Å². The van der Waals surface area contributed by atoms with Crippen molar-refractivity contribution in [1.82, 2.24) is 14.5 Å². The summed E-state index contributed by atoms with van der Waals surface area (Å²) in [6.07, 6.45) is 5.52. The number of nitrogens with zero attached hydrogens (tertiary/aromatic N) is 3. The smallest absolute Gasteiger partial charge is 0.339 e. The summed E-state index contributed by atoms with van der Waals surface area (Å²) >= 11 is 0. The summed E-state index contributed by atoms with van der Waals surface area (Å²) in [5, 5.41) is 0. The number of hydrogen-bond acceptors (Lipinski definition) is 6. The van der Waals surface area contributed by atoms with Crippen LogP contribution in [0.2, 0.25) is 0 Å². The molecule has 0 aliphatic rings. The van der Waals surface area contributed by atoms with Gasteiger partial charge in [0.05, 0.1) is 24.3 Å². The Morgan fingerprint density at radius 2 is 1.50 bits per heavy atom. The van der Waals surface area contributed by atoms with Crippen LogP contribution in [-0.2, 0) is 16.1 Å². The molecule has 0 saturated heterocycles. The highest BCUT2D eigenvalue weighted by atomic mass is 16.5. The van der Waals surface area contributed by atoms with Crippen LogP contribution in [0.25, 0.3) is 11.4 Å². The first kappa shape index (κ1) is 32.2. The van der Waals surface area contributed by atoms with Crippen LogP contribution in [-0.4, -0.2) is 52.5 Å². The molecule has 0 spiro atoms. The average molecular weight is 596 g/mol. The summed E-state index contributed by atoms with van der Waals surface area (Å²) in [6.45, 7) is 7.59. The molecule has 230 valence electrons. The van der Waals surface area contributed by atoms with Gasteiger partial charge in [-0.3, -0.25) is 4.79 Å². The van der Waals surface area contributed by atoms with Gasteiger partial charge >= 0.3 is 11.9 Å². The minimum absolute atomic E-state index is 0.0595. The molecule has 1 heterocycles. The molecule has 8 heteroatoms. The summed E-state index contributed by atoms with van der Waals surface area (Å²) in [5.41, 5.74) is 2.96. The van der Waals surface area contributed by atoms with Crippen molar-refractivity contribution in [3.63, 3.8) is 0 Å². The van der Waals surface area contributed by atoms with Gasteiger partial charge < -0.3 is 18.9 Å². The Balaban J connectivity index is 1.83. The Bertz CT molecular complexity index is 1540. The van der Waals surface area contributed by atoms with Crippen molar-refractivity contribution in [2.45, 2.75) is 59.1 Å². The Hall–Kier alpha value is -4.72. The van der Waals surface area contributed by atoms with Crippen LogP contribution >= 0.6 is 0 Å². The van der Waals surface area contributed by atoms with Gasteiger partial charge in [0.2, 0.25) is 0 Å². The van der Waals surface area contributed by atoms with Crippen molar-refractivity contribution < 1.29 is 23.9 Å². The zero-order valence-electron chi connectivity index (χ0n) is 26.0. The molecule has 4 aromatic rings. The Morgan fingerprint density at radius 3 is 2.11 bits per heavy atom. The summed E-state index contributed by atoms with van der Waals surface area (Å²) in [6, 6.07) is 23.8. The van der Waals surface area contributed by atoms with Gasteiger partial charge in [-0.05, 0) is 49.1 Å². The third kappa shape index (κ3) is 7.81. The number of aromatic nitrogens is 2. The number of rotatable bonds is 14. The normalized spacial score (nSPS) is 11.5. The molecule has 0 aliphatic heterocycles. The van der Waals surface area contributed by atoms with Crippen molar-refractivity contribution in [1.29, 1.82) is 0 Å². The predicted molar refractivity (Wildman–Crippen MR) is 171 cm³/mol. The molecule has 1 amide bonds. The summed E-state index contributed by atoms with van der Waals surface area (Å²) in [7, 11) is 1.29. The van der Waals surface area contributed by atoms with E-state index in [-0.39, 0.29) is 29.7 Å². The fraction of sp³-hybridized carbons (Fsp3) is 0.333. The first-order valence-corrected chi connectivity index (χ1v) is 15.2. The van der Waals surface area contributed by atoms with Crippen LogP contribution in [0, 0.1) is 0 Å². The van der Waals surface area contributed by atoms with Crippen molar-refractivity contribution in [2.75, 3.05) is 20.2 Å². The van der Waals surface area contributed by atoms with Gasteiger partial charge in [0.25, 0.3) is 5.91 Å². The molecule has 1 unspecified atom stereocenters. The van der Waals surface area contributed by atoms with Crippen LogP contribution in [0.4, 0.5) is 0 Å². The largest absolute Gasteiger partial charge is 0.465 e. The zero-order valence-corrected chi connectivity index (χ0v) is 26.0. The lowest BCUT2D eigenvalue weighted by molar-refractivity contribution is 0.0473. The molecular weight excluding hydrogens is 554 g/mol. The Labute approximate surface area is 259 Å². The number of hydrogen-bond donors (Lipinski definition) is 0. The van der Waals surface area contributed by atoms with E-state index < -0.39 is 11.9 Å². The lowest BCUT2D eigenvalue weighted by Crippen LogP contribution is -2.33. The van der Waals surface area contributed by atoms with E-state index in [0.717, 1.165) is 36.8 Å². The second-order valence-corrected chi connectivity index (χ2v) is 10.8. The third-order valence-electron chi connectivity index (χ3n) is 7.62. The molecule has 0 fully saturated rings. The highest BCUT2D eigenvalue weighted by Crippen LogP contribution is 2.31. The van der Waals surface area contributed by atoms with Crippen LogP contribution in [0.15, 0.2) is 85.1 Å². The van der Waals surface area contributed by atoms with Gasteiger partial charge in [-0.1, -0.05) is 87.4 Å². The Kier molecular flexibility index (Phi) is 11.5. The standard InChI is InChI=1S/C36H41N3O5/c1-5-7-21-38(22-8-6-2)34(40)32-24-39(26(3)28-17-13-10-14-18-28)33(37-32)30-20-19-29(35(41)43-4)23-31(30)36(42)44-25-27-15-11-9-12-16-27/h9-20,23-24,26H,5-8,21-22,25H2,1-4H3. The topological polar surface area (TPSA) is 90.7 Å². The van der Waals surface area contributed by atoms with E-state index in [1.807, 2.05) is 77.1 Å². The van der Waals surface area contributed by atoms with E-state index in [1.165, 1.54) is 13.2 Å². The van der Waals surface area contributed by atoms with Crippen molar-refractivity contribution >= 4 is 17.8 Å². The maximum Gasteiger partial charge on any atom is 0.339 e. The molecule has 0 N–H and O–H groups in total. The Morgan fingerprint density at radius 1 is 0.864 bits per heavy atom. The lowest BCUT2D eigenvalue weighted by Gasteiger charge is -2.21. The van der Waals surface area contributed by atoms with Crippen molar-refractivity contribution in [3.05, 3.63) is 113 Å². The SMILES string of the molecule is CCCCN(CCCC)C(=O)c1cn(C(C)c2ccccc2)c(-c2ccc(C(=O)OC)cc2C(=O)OCc2ccccc2)n1.